The molecule has 0 aromatic heterocycles. The maximum atomic E-state index is 10.4. The summed E-state index contributed by atoms with van der Waals surface area (Å²) in [7, 11) is 0. The molecule has 1 rings (SSSR count). The summed E-state index contributed by atoms with van der Waals surface area (Å²) >= 11 is 11.5. The first-order valence-corrected chi connectivity index (χ1v) is 4.37. The minimum Gasteiger partial charge on any atom is -0.481 e. The smallest absolute Gasteiger partial charge is 0.307 e. The van der Waals surface area contributed by atoms with E-state index >= 15 is 0 Å². The number of hydrogen-bond donors (Lipinski definition) is 1. The minimum atomic E-state index is -1.01. The monoisotopic (exact) mass is 229 g/mol. The molecule has 3 nitrogen and oxygen atoms in total. The molecule has 0 aliphatic carbocycles. The molecule has 0 saturated heterocycles. The van der Waals surface area contributed by atoms with Crippen LogP contribution < -0.4 is 0 Å². The average Bonchev–Trinajstić information content (AvgIpc) is 2.10. The number of carboxylic acid groups (broad SMARTS) is 1. The third kappa shape index (κ3) is 2.38. The predicted octanol–water partition coefficient (Wildman–Crippen LogP) is 3.17. The number of halogens is 2. The molecule has 0 aliphatic heterocycles. The van der Waals surface area contributed by atoms with Gasteiger partial charge in [0.15, 0.2) is 5.69 Å². The summed E-state index contributed by atoms with van der Waals surface area (Å²) in [5.74, 6) is -1.01. The number of aliphatic carboxylic acids is 1. The normalized spacial score (nSPS) is 9.50. The van der Waals surface area contributed by atoms with Gasteiger partial charge in [0.05, 0.1) is 13.0 Å². The van der Waals surface area contributed by atoms with Gasteiger partial charge in [-0.25, -0.2) is 4.85 Å². The highest BCUT2D eigenvalue weighted by atomic mass is 35.5. The molecular formula is C9H5Cl2NO2. The SMILES string of the molecule is [C-]#[N+]c1cc(Cl)c(CC(=O)O)c(Cl)c1. The first-order chi connectivity index (χ1) is 6.54. The molecule has 0 heterocycles. The maximum absolute atomic E-state index is 10.4. The third-order valence-corrected chi connectivity index (χ3v) is 2.26. The second kappa shape index (κ2) is 4.32. The summed E-state index contributed by atoms with van der Waals surface area (Å²) in [6, 6.07) is 2.80. The number of carbonyl (C=O) groups is 1. The van der Waals surface area contributed by atoms with Gasteiger partial charge in [0.1, 0.15) is 0 Å². The van der Waals surface area contributed by atoms with Gasteiger partial charge in [-0.3, -0.25) is 4.79 Å². The van der Waals surface area contributed by atoms with E-state index in [0.717, 1.165) is 0 Å². The van der Waals surface area contributed by atoms with Gasteiger partial charge in [-0.15, -0.1) is 0 Å². The lowest BCUT2D eigenvalue weighted by Gasteiger charge is -2.04. The van der Waals surface area contributed by atoms with Crippen molar-refractivity contribution in [2.45, 2.75) is 6.42 Å². The van der Waals surface area contributed by atoms with Crippen molar-refractivity contribution >= 4 is 34.9 Å². The topological polar surface area (TPSA) is 41.7 Å². The van der Waals surface area contributed by atoms with E-state index in [1.165, 1.54) is 12.1 Å². The van der Waals surface area contributed by atoms with Gasteiger partial charge in [-0.1, -0.05) is 23.2 Å². The Morgan fingerprint density at radius 3 is 2.29 bits per heavy atom. The van der Waals surface area contributed by atoms with Crippen molar-refractivity contribution in [3.8, 4) is 0 Å². The lowest BCUT2D eigenvalue weighted by atomic mass is 10.1. The average molecular weight is 230 g/mol. The second-order valence-corrected chi connectivity index (χ2v) is 3.38. The molecule has 5 heteroatoms. The fourth-order valence-corrected chi connectivity index (χ4v) is 1.58. The Hall–Kier alpha value is -1.24. The Labute approximate surface area is 90.7 Å². The lowest BCUT2D eigenvalue weighted by Crippen LogP contribution is -2.01. The Kier molecular flexibility index (Phi) is 3.34. The zero-order valence-corrected chi connectivity index (χ0v) is 8.43. The Balaban J connectivity index is 3.19. The Morgan fingerprint density at radius 2 is 1.93 bits per heavy atom. The van der Waals surface area contributed by atoms with E-state index in [9.17, 15) is 4.79 Å². The highest BCUT2D eigenvalue weighted by molar-refractivity contribution is 6.36. The van der Waals surface area contributed by atoms with Crippen LogP contribution in [0, 0.1) is 6.57 Å². The highest BCUT2D eigenvalue weighted by Crippen LogP contribution is 2.30. The fraction of sp³-hybridized carbons (Fsp3) is 0.111. The number of nitrogens with zero attached hydrogens (tertiary/aromatic N) is 1. The van der Waals surface area contributed by atoms with Crippen molar-refractivity contribution in [2.24, 2.45) is 0 Å². The van der Waals surface area contributed by atoms with Crippen LogP contribution in [0.4, 0.5) is 5.69 Å². The highest BCUT2D eigenvalue weighted by Gasteiger charge is 2.11. The minimum absolute atomic E-state index is 0.214. The van der Waals surface area contributed by atoms with E-state index in [1.807, 2.05) is 0 Å². The number of benzene rings is 1. The van der Waals surface area contributed by atoms with Gasteiger partial charge < -0.3 is 5.11 Å². The molecule has 0 radical (unpaired) electrons. The van der Waals surface area contributed by atoms with Gasteiger partial charge in [0.2, 0.25) is 0 Å². The van der Waals surface area contributed by atoms with Crippen LogP contribution in [0.25, 0.3) is 4.85 Å². The van der Waals surface area contributed by atoms with Gasteiger partial charge in [0, 0.05) is 10.0 Å². The van der Waals surface area contributed by atoms with Crippen molar-refractivity contribution in [1.82, 2.24) is 0 Å². The number of carboxylic acids is 1. The zero-order chi connectivity index (χ0) is 10.7. The van der Waals surface area contributed by atoms with Gasteiger partial charge in [-0.05, 0) is 17.7 Å². The summed E-state index contributed by atoms with van der Waals surface area (Å²) in [5.41, 5.74) is 0.641. The number of hydrogen-bond acceptors (Lipinski definition) is 1. The molecule has 1 N–H and O–H groups in total. The summed E-state index contributed by atoms with van der Waals surface area (Å²) < 4.78 is 0. The Morgan fingerprint density at radius 1 is 1.43 bits per heavy atom. The van der Waals surface area contributed by atoms with Crippen molar-refractivity contribution in [2.75, 3.05) is 0 Å². The molecule has 0 saturated carbocycles. The molecular weight excluding hydrogens is 225 g/mol. The van der Waals surface area contributed by atoms with Crippen LogP contribution in [-0.4, -0.2) is 11.1 Å². The second-order valence-electron chi connectivity index (χ2n) is 2.57. The van der Waals surface area contributed by atoms with E-state index in [4.69, 9.17) is 34.9 Å². The van der Waals surface area contributed by atoms with Crippen LogP contribution in [0.1, 0.15) is 5.56 Å². The third-order valence-electron chi connectivity index (χ3n) is 1.58. The van der Waals surface area contributed by atoms with E-state index in [1.54, 1.807) is 0 Å². The number of rotatable bonds is 2. The molecule has 72 valence electrons. The van der Waals surface area contributed by atoms with Crippen molar-refractivity contribution < 1.29 is 9.90 Å². The predicted molar refractivity (Wildman–Crippen MR) is 54.1 cm³/mol. The fourth-order valence-electron chi connectivity index (χ4n) is 0.974. The summed E-state index contributed by atoms with van der Waals surface area (Å²) in [6.45, 7) is 6.74. The van der Waals surface area contributed by atoms with Gasteiger partial charge >= 0.3 is 5.97 Å². The van der Waals surface area contributed by atoms with Crippen molar-refractivity contribution in [3.63, 3.8) is 0 Å². The molecule has 0 bridgehead atoms. The summed E-state index contributed by atoms with van der Waals surface area (Å²) in [5, 5.41) is 8.99. The van der Waals surface area contributed by atoms with Crippen LogP contribution >= 0.6 is 23.2 Å². The molecule has 14 heavy (non-hydrogen) atoms. The van der Waals surface area contributed by atoms with Crippen LogP contribution in [0.15, 0.2) is 12.1 Å². The molecule has 1 aromatic carbocycles. The molecule has 0 aliphatic rings. The van der Waals surface area contributed by atoms with Crippen molar-refractivity contribution in [3.05, 3.63) is 39.2 Å². The standard InChI is InChI=1S/C9H5Cl2NO2/c1-12-5-2-7(10)6(4-9(13)14)8(11)3-5/h2-3H,4H2,(H,13,14). The lowest BCUT2D eigenvalue weighted by molar-refractivity contribution is -0.136. The molecule has 0 atom stereocenters. The first-order valence-electron chi connectivity index (χ1n) is 3.61. The summed E-state index contributed by atoms with van der Waals surface area (Å²) in [4.78, 5) is 13.6. The van der Waals surface area contributed by atoms with Gasteiger partial charge in [0.25, 0.3) is 0 Å². The molecule has 0 amide bonds. The molecule has 0 unspecified atom stereocenters. The van der Waals surface area contributed by atoms with Crippen LogP contribution in [0.3, 0.4) is 0 Å². The van der Waals surface area contributed by atoms with Crippen LogP contribution in [0.5, 0.6) is 0 Å². The quantitative estimate of drug-likeness (QED) is 0.792. The summed E-state index contributed by atoms with van der Waals surface area (Å²) in [6.07, 6.45) is -0.240. The maximum Gasteiger partial charge on any atom is 0.307 e. The van der Waals surface area contributed by atoms with E-state index < -0.39 is 5.97 Å². The zero-order valence-electron chi connectivity index (χ0n) is 6.92. The van der Waals surface area contributed by atoms with Crippen LogP contribution in [-0.2, 0) is 11.2 Å². The molecule has 0 fully saturated rings. The van der Waals surface area contributed by atoms with E-state index in [2.05, 4.69) is 4.85 Å². The van der Waals surface area contributed by atoms with Crippen molar-refractivity contribution in [1.29, 1.82) is 0 Å². The largest absolute Gasteiger partial charge is 0.481 e. The van der Waals surface area contributed by atoms with E-state index in [0.29, 0.717) is 11.3 Å². The Bertz CT molecular complexity index is 400. The first kappa shape index (κ1) is 10.8. The van der Waals surface area contributed by atoms with Gasteiger partial charge in [-0.2, -0.15) is 0 Å². The van der Waals surface area contributed by atoms with Crippen LogP contribution in [0.2, 0.25) is 10.0 Å². The van der Waals surface area contributed by atoms with E-state index in [-0.39, 0.29) is 16.5 Å². The molecule has 1 aromatic rings. The molecule has 0 spiro atoms.